The molecule has 8 nitrogen and oxygen atoms in total. The number of halogens is 3. The van der Waals surface area contributed by atoms with Crippen LogP contribution in [-0.4, -0.2) is 42.0 Å². The molecule has 0 spiro atoms. The van der Waals surface area contributed by atoms with Gasteiger partial charge in [-0.15, -0.1) is 13.2 Å². The Morgan fingerprint density at radius 2 is 1.44 bits per heavy atom. The topological polar surface area (TPSA) is 77.5 Å². The molecule has 4 aromatic carbocycles. The Kier molecular flexibility index (Phi) is 9.80. The van der Waals surface area contributed by atoms with Gasteiger partial charge in [-0.1, -0.05) is 78.9 Å². The highest BCUT2D eigenvalue weighted by Crippen LogP contribution is 2.57. The molecule has 4 aromatic rings. The maximum absolute atomic E-state index is 14.4. The molecule has 2 aliphatic heterocycles. The second-order valence-electron chi connectivity index (χ2n) is 13.5. The monoisotopic (exact) mass is 688 g/mol. The van der Waals surface area contributed by atoms with E-state index in [9.17, 15) is 22.8 Å². The van der Waals surface area contributed by atoms with Crippen LogP contribution in [0.1, 0.15) is 65.8 Å². The standard InChI is InChI=1S/C39H39F3N2O6/c1-25-30(36(45)48-29-18-12-7-13-19-29)35(47-24-27-16-10-6-11-17-27)33-31(34(25)49-39(40,41)42)32-28(23-44(33)37(46)50-38(2,3)4)20-21-43(32)22-26-14-8-5-9-15-26/h5-19,28,32H,20-24H2,1-4H3. The lowest BCUT2D eigenvalue weighted by Crippen LogP contribution is -2.45. The van der Waals surface area contributed by atoms with Crippen molar-refractivity contribution in [3.63, 3.8) is 0 Å². The normalized spacial score (nSPS) is 17.5. The van der Waals surface area contributed by atoms with Gasteiger partial charge in [0.05, 0.1) is 5.69 Å². The second-order valence-corrected chi connectivity index (χ2v) is 13.5. The number of carbonyl (C=O) groups is 2. The summed E-state index contributed by atoms with van der Waals surface area (Å²) in [5.41, 5.74) is 0.461. The Hall–Kier alpha value is -5.03. The molecule has 11 heteroatoms. The maximum atomic E-state index is 14.4. The van der Waals surface area contributed by atoms with Crippen molar-refractivity contribution in [1.29, 1.82) is 0 Å². The molecule has 0 aromatic heterocycles. The first-order chi connectivity index (χ1) is 23.8. The van der Waals surface area contributed by atoms with Gasteiger partial charge >= 0.3 is 18.4 Å². The van der Waals surface area contributed by atoms with Crippen LogP contribution in [-0.2, 0) is 17.9 Å². The molecular weight excluding hydrogens is 649 g/mol. The fraction of sp³-hybridized carbons (Fsp3) is 0.333. The second kappa shape index (κ2) is 14.1. The molecule has 2 heterocycles. The minimum atomic E-state index is -5.13. The Bertz CT molecular complexity index is 1830. The van der Waals surface area contributed by atoms with Gasteiger partial charge in [0.25, 0.3) is 0 Å². The number of likely N-dealkylation sites (tertiary alicyclic amines) is 1. The lowest BCUT2D eigenvalue weighted by atomic mass is 9.84. The molecule has 1 fully saturated rings. The number of nitrogens with zero attached hydrogens (tertiary/aromatic N) is 2. The van der Waals surface area contributed by atoms with E-state index in [4.69, 9.17) is 18.9 Å². The minimum absolute atomic E-state index is 0.0127. The maximum Gasteiger partial charge on any atom is 0.573 e. The summed E-state index contributed by atoms with van der Waals surface area (Å²) in [4.78, 5) is 31.6. The number of amides is 1. The zero-order valence-corrected chi connectivity index (χ0v) is 28.3. The SMILES string of the molecule is Cc1c(OC(F)(F)F)c2c(c(OCc3ccccc3)c1C(=O)Oc1ccccc1)N(C(=O)OC(C)(C)C)CC1CCN(Cc3ccccc3)C21. The summed E-state index contributed by atoms with van der Waals surface area (Å²) < 4.78 is 66.1. The number of alkyl halides is 3. The van der Waals surface area contributed by atoms with Crippen molar-refractivity contribution in [2.45, 2.75) is 65.3 Å². The van der Waals surface area contributed by atoms with Crippen LogP contribution in [0.5, 0.6) is 17.2 Å². The number of hydrogen-bond acceptors (Lipinski definition) is 7. The first-order valence-electron chi connectivity index (χ1n) is 16.5. The highest BCUT2D eigenvalue weighted by molar-refractivity contribution is 6.03. The van der Waals surface area contributed by atoms with E-state index >= 15 is 0 Å². The summed E-state index contributed by atoms with van der Waals surface area (Å²) in [5, 5.41) is 0. The van der Waals surface area contributed by atoms with Crippen molar-refractivity contribution >= 4 is 17.7 Å². The van der Waals surface area contributed by atoms with Crippen molar-refractivity contribution in [2.75, 3.05) is 18.0 Å². The van der Waals surface area contributed by atoms with E-state index in [1.165, 1.54) is 11.8 Å². The molecule has 2 aliphatic rings. The Morgan fingerprint density at radius 1 is 0.840 bits per heavy atom. The van der Waals surface area contributed by atoms with Gasteiger partial charge in [0.1, 0.15) is 29.3 Å². The molecule has 0 saturated carbocycles. The van der Waals surface area contributed by atoms with Crippen LogP contribution < -0.4 is 19.1 Å². The number of ether oxygens (including phenoxy) is 4. The number of rotatable bonds is 8. The number of hydrogen-bond donors (Lipinski definition) is 0. The van der Waals surface area contributed by atoms with Crippen LogP contribution in [0.15, 0.2) is 91.0 Å². The first kappa shape index (κ1) is 34.8. The van der Waals surface area contributed by atoms with Gasteiger partial charge in [-0.25, -0.2) is 9.59 Å². The van der Waals surface area contributed by atoms with Crippen LogP contribution >= 0.6 is 0 Å². The summed E-state index contributed by atoms with van der Waals surface area (Å²) in [6.45, 7) is 7.56. The number of carbonyl (C=O) groups excluding carboxylic acids is 2. The average Bonchev–Trinajstić information content (AvgIpc) is 3.46. The van der Waals surface area contributed by atoms with Gasteiger partial charge in [0, 0.05) is 30.3 Å². The third-order valence-electron chi connectivity index (χ3n) is 8.71. The van der Waals surface area contributed by atoms with Crippen LogP contribution in [0.25, 0.3) is 0 Å². The summed E-state index contributed by atoms with van der Waals surface area (Å²) >= 11 is 0. The highest BCUT2D eigenvalue weighted by atomic mass is 19.4. The lowest BCUT2D eigenvalue weighted by Gasteiger charge is -2.42. The van der Waals surface area contributed by atoms with Gasteiger partial charge in [-0.3, -0.25) is 9.80 Å². The van der Waals surface area contributed by atoms with E-state index in [2.05, 4.69) is 4.90 Å². The zero-order valence-electron chi connectivity index (χ0n) is 28.3. The Labute approximate surface area is 289 Å². The van der Waals surface area contributed by atoms with E-state index in [-0.39, 0.29) is 52.9 Å². The lowest BCUT2D eigenvalue weighted by molar-refractivity contribution is -0.275. The fourth-order valence-corrected chi connectivity index (χ4v) is 6.73. The number of fused-ring (bicyclic) bond motifs is 3. The van der Waals surface area contributed by atoms with Crippen molar-refractivity contribution in [3.05, 3.63) is 119 Å². The highest BCUT2D eigenvalue weighted by Gasteiger charge is 2.50. The van der Waals surface area contributed by atoms with Crippen molar-refractivity contribution in [3.8, 4) is 17.2 Å². The molecule has 1 saturated heterocycles. The summed E-state index contributed by atoms with van der Waals surface area (Å²) in [5.74, 6) is -1.73. The summed E-state index contributed by atoms with van der Waals surface area (Å²) in [7, 11) is 0. The van der Waals surface area contributed by atoms with Crippen LogP contribution in [0.3, 0.4) is 0 Å². The average molecular weight is 689 g/mol. The molecular formula is C39H39F3N2O6. The van der Waals surface area contributed by atoms with Crippen LogP contribution in [0, 0.1) is 12.8 Å². The molecule has 6 rings (SSSR count). The quantitative estimate of drug-likeness (QED) is 0.135. The first-order valence-corrected chi connectivity index (χ1v) is 16.5. The van der Waals surface area contributed by atoms with Gasteiger partial charge in [0.2, 0.25) is 0 Å². The molecule has 0 aliphatic carbocycles. The number of para-hydroxylation sites is 1. The van der Waals surface area contributed by atoms with Gasteiger partial charge in [0.15, 0.2) is 5.75 Å². The largest absolute Gasteiger partial charge is 0.573 e. The molecule has 1 amide bonds. The third kappa shape index (κ3) is 7.73. The molecule has 0 radical (unpaired) electrons. The van der Waals surface area contributed by atoms with Crippen molar-refractivity contribution in [2.24, 2.45) is 5.92 Å². The van der Waals surface area contributed by atoms with E-state index in [0.29, 0.717) is 19.5 Å². The zero-order chi connectivity index (χ0) is 35.6. The fourth-order valence-electron chi connectivity index (χ4n) is 6.73. The van der Waals surface area contributed by atoms with E-state index in [1.54, 1.807) is 51.1 Å². The molecule has 262 valence electrons. The molecule has 50 heavy (non-hydrogen) atoms. The predicted octanol–water partition coefficient (Wildman–Crippen LogP) is 9.01. The number of anilines is 1. The molecule has 2 atom stereocenters. The van der Waals surface area contributed by atoms with E-state index < -0.39 is 35.8 Å². The Balaban J connectivity index is 1.61. The van der Waals surface area contributed by atoms with Crippen molar-refractivity contribution < 1.29 is 41.7 Å². The number of benzene rings is 4. The molecule has 0 N–H and O–H groups in total. The minimum Gasteiger partial charge on any atom is -0.486 e. The van der Waals surface area contributed by atoms with E-state index in [1.807, 2.05) is 60.7 Å². The van der Waals surface area contributed by atoms with E-state index in [0.717, 1.165) is 11.1 Å². The summed E-state index contributed by atoms with van der Waals surface area (Å²) in [6.07, 6.45) is -5.32. The third-order valence-corrected chi connectivity index (χ3v) is 8.71. The van der Waals surface area contributed by atoms with Crippen LogP contribution in [0.2, 0.25) is 0 Å². The molecule has 2 unspecified atom stereocenters. The van der Waals surface area contributed by atoms with Crippen LogP contribution in [0.4, 0.5) is 23.7 Å². The van der Waals surface area contributed by atoms with Gasteiger partial charge in [-0.2, -0.15) is 0 Å². The van der Waals surface area contributed by atoms with Crippen molar-refractivity contribution in [1.82, 2.24) is 4.90 Å². The smallest absolute Gasteiger partial charge is 0.486 e. The predicted molar refractivity (Wildman–Crippen MR) is 181 cm³/mol. The van der Waals surface area contributed by atoms with Gasteiger partial charge < -0.3 is 18.9 Å². The van der Waals surface area contributed by atoms with Gasteiger partial charge in [-0.05, 0) is 69.8 Å². The number of esters is 1. The molecule has 0 bridgehead atoms. The Morgan fingerprint density at radius 3 is 2.04 bits per heavy atom. The summed E-state index contributed by atoms with van der Waals surface area (Å²) in [6, 6.07) is 26.3.